The summed E-state index contributed by atoms with van der Waals surface area (Å²) >= 11 is 1.51. The topological polar surface area (TPSA) is 38.3 Å². The Labute approximate surface area is 160 Å². The van der Waals surface area contributed by atoms with Crippen LogP contribution >= 0.6 is 23.7 Å². The molecule has 1 atom stereocenters. The molecule has 5 heteroatoms. The molecule has 3 rings (SSSR count). The molecule has 3 nitrogen and oxygen atoms in total. The maximum atomic E-state index is 12.6. The van der Waals surface area contributed by atoms with Gasteiger partial charge < -0.3 is 10.1 Å². The van der Waals surface area contributed by atoms with Gasteiger partial charge in [-0.1, -0.05) is 30.3 Å². The molecule has 1 aliphatic heterocycles. The second-order valence-corrected chi connectivity index (χ2v) is 7.30. The number of carbonyl (C=O) groups is 1. The van der Waals surface area contributed by atoms with Crippen molar-refractivity contribution in [1.29, 1.82) is 0 Å². The number of ketones is 1. The molecule has 1 fully saturated rings. The van der Waals surface area contributed by atoms with E-state index in [0.717, 1.165) is 35.6 Å². The van der Waals surface area contributed by atoms with Crippen molar-refractivity contribution in [1.82, 2.24) is 5.32 Å². The van der Waals surface area contributed by atoms with Gasteiger partial charge in [-0.15, -0.1) is 23.7 Å². The van der Waals surface area contributed by atoms with Crippen LogP contribution in [0.2, 0.25) is 0 Å². The fraction of sp³-hybridized carbons (Fsp3) is 0.450. The average Bonchev–Trinajstić information content (AvgIpc) is 3.24. The molecule has 1 N–H and O–H groups in total. The van der Waals surface area contributed by atoms with Crippen LogP contribution in [0.1, 0.15) is 46.5 Å². The normalized spacial score (nSPS) is 16.4. The average molecular weight is 380 g/mol. The molecule has 0 spiro atoms. The van der Waals surface area contributed by atoms with Crippen molar-refractivity contribution < 1.29 is 9.53 Å². The zero-order valence-corrected chi connectivity index (χ0v) is 16.3. The Balaban J connectivity index is 0.00000225. The predicted molar refractivity (Wildman–Crippen MR) is 107 cm³/mol. The SMILES string of the molecule is Cc1csc(C(=O)CCc2ccccc2)c1OCCC1CCCN1.Cl. The first-order valence-electron chi connectivity index (χ1n) is 8.75. The Hall–Kier alpha value is -1.36. The van der Waals surface area contributed by atoms with Gasteiger partial charge in [0.05, 0.1) is 6.61 Å². The fourth-order valence-corrected chi connectivity index (χ4v) is 4.09. The van der Waals surface area contributed by atoms with E-state index in [1.165, 1.54) is 29.7 Å². The molecule has 0 radical (unpaired) electrons. The molecular formula is C20H26ClNO2S. The zero-order chi connectivity index (χ0) is 16.8. The van der Waals surface area contributed by atoms with E-state index in [1.54, 1.807) is 0 Å². The van der Waals surface area contributed by atoms with E-state index < -0.39 is 0 Å². The number of nitrogens with one attached hydrogen (secondary N) is 1. The lowest BCUT2D eigenvalue weighted by atomic mass is 10.1. The van der Waals surface area contributed by atoms with Crippen LogP contribution in [0.3, 0.4) is 0 Å². The number of benzene rings is 1. The Kier molecular flexibility index (Phi) is 7.94. The summed E-state index contributed by atoms with van der Waals surface area (Å²) in [5.74, 6) is 0.988. The zero-order valence-electron chi connectivity index (χ0n) is 14.6. The van der Waals surface area contributed by atoms with Gasteiger partial charge in [-0.05, 0) is 50.1 Å². The lowest BCUT2D eigenvalue weighted by Crippen LogP contribution is -2.23. The second-order valence-electron chi connectivity index (χ2n) is 6.42. The van der Waals surface area contributed by atoms with Gasteiger partial charge in [0.25, 0.3) is 0 Å². The molecule has 25 heavy (non-hydrogen) atoms. The number of hydrogen-bond donors (Lipinski definition) is 1. The summed E-state index contributed by atoms with van der Waals surface area (Å²) in [5.41, 5.74) is 2.27. The standard InChI is InChI=1S/C20H25NO2S.ClH/c1-15-14-24-20(18(22)10-9-16-6-3-2-4-7-16)19(15)23-13-11-17-8-5-12-21-17;/h2-4,6-7,14,17,21H,5,8-13H2,1H3;1H. The smallest absolute Gasteiger partial charge is 0.176 e. The molecule has 136 valence electrons. The summed E-state index contributed by atoms with van der Waals surface area (Å²) in [7, 11) is 0. The van der Waals surface area contributed by atoms with Gasteiger partial charge in [0.15, 0.2) is 5.78 Å². The minimum Gasteiger partial charge on any atom is -0.492 e. The maximum Gasteiger partial charge on any atom is 0.176 e. The Morgan fingerprint density at radius 1 is 1.32 bits per heavy atom. The monoisotopic (exact) mass is 379 g/mol. The molecule has 0 amide bonds. The molecule has 1 aliphatic rings. The number of Topliss-reactive ketones (excluding diaryl/α,β-unsaturated/α-hetero) is 1. The van der Waals surface area contributed by atoms with E-state index in [4.69, 9.17) is 4.74 Å². The molecule has 1 saturated heterocycles. The lowest BCUT2D eigenvalue weighted by Gasteiger charge is -2.12. The summed E-state index contributed by atoms with van der Waals surface area (Å²) in [6.45, 7) is 3.81. The highest BCUT2D eigenvalue weighted by Crippen LogP contribution is 2.32. The minimum absolute atomic E-state index is 0. The molecule has 0 saturated carbocycles. The van der Waals surface area contributed by atoms with Crippen LogP contribution in [0.4, 0.5) is 0 Å². The third kappa shape index (κ3) is 5.56. The first-order valence-corrected chi connectivity index (χ1v) is 9.63. The largest absolute Gasteiger partial charge is 0.492 e. The molecular weight excluding hydrogens is 354 g/mol. The van der Waals surface area contributed by atoms with E-state index in [1.807, 2.05) is 30.5 Å². The van der Waals surface area contributed by atoms with Crippen LogP contribution in [-0.4, -0.2) is 25.0 Å². The van der Waals surface area contributed by atoms with Crippen molar-refractivity contribution >= 4 is 29.5 Å². The van der Waals surface area contributed by atoms with Crippen molar-refractivity contribution in [2.45, 2.75) is 45.1 Å². The van der Waals surface area contributed by atoms with Crippen LogP contribution < -0.4 is 10.1 Å². The van der Waals surface area contributed by atoms with Gasteiger partial charge in [0.1, 0.15) is 10.6 Å². The predicted octanol–water partition coefficient (Wildman–Crippen LogP) is 4.81. The van der Waals surface area contributed by atoms with Crippen LogP contribution in [0.25, 0.3) is 0 Å². The number of aryl methyl sites for hydroxylation is 2. The summed E-state index contributed by atoms with van der Waals surface area (Å²) in [6, 6.07) is 10.7. The first-order chi connectivity index (χ1) is 11.7. The van der Waals surface area contributed by atoms with E-state index in [-0.39, 0.29) is 18.2 Å². The van der Waals surface area contributed by atoms with Gasteiger partial charge in [-0.2, -0.15) is 0 Å². The number of carbonyl (C=O) groups excluding carboxylic acids is 1. The third-order valence-electron chi connectivity index (χ3n) is 4.53. The van der Waals surface area contributed by atoms with Gasteiger partial charge >= 0.3 is 0 Å². The first kappa shape index (κ1) is 20.0. The molecule has 1 aromatic heterocycles. The minimum atomic E-state index is 0. The van der Waals surface area contributed by atoms with Crippen molar-refractivity contribution in [2.24, 2.45) is 0 Å². The summed E-state index contributed by atoms with van der Waals surface area (Å²) in [6.07, 6.45) is 4.81. The fourth-order valence-electron chi connectivity index (χ4n) is 3.13. The third-order valence-corrected chi connectivity index (χ3v) is 5.65. The number of thiophene rings is 1. The van der Waals surface area contributed by atoms with Crippen molar-refractivity contribution in [3.8, 4) is 5.75 Å². The highest BCUT2D eigenvalue weighted by Gasteiger charge is 2.19. The summed E-state index contributed by atoms with van der Waals surface area (Å²) in [5, 5.41) is 5.51. The molecule has 1 unspecified atom stereocenters. The Bertz CT molecular complexity index is 666. The summed E-state index contributed by atoms with van der Waals surface area (Å²) in [4.78, 5) is 13.4. The van der Waals surface area contributed by atoms with E-state index in [9.17, 15) is 4.79 Å². The van der Waals surface area contributed by atoms with Crippen molar-refractivity contribution in [3.05, 3.63) is 51.7 Å². The Morgan fingerprint density at radius 3 is 2.84 bits per heavy atom. The van der Waals surface area contributed by atoms with Gasteiger partial charge in [0, 0.05) is 18.0 Å². The van der Waals surface area contributed by atoms with Gasteiger partial charge in [-0.25, -0.2) is 0 Å². The van der Waals surface area contributed by atoms with Crippen LogP contribution in [0, 0.1) is 6.92 Å². The number of rotatable bonds is 8. The molecule has 0 aliphatic carbocycles. The maximum absolute atomic E-state index is 12.6. The molecule has 2 heterocycles. The highest BCUT2D eigenvalue weighted by molar-refractivity contribution is 7.12. The van der Waals surface area contributed by atoms with Crippen LogP contribution in [0.5, 0.6) is 5.75 Å². The van der Waals surface area contributed by atoms with E-state index >= 15 is 0 Å². The second kappa shape index (κ2) is 9.95. The quantitative estimate of drug-likeness (QED) is 0.668. The van der Waals surface area contributed by atoms with Crippen molar-refractivity contribution in [2.75, 3.05) is 13.2 Å². The molecule has 0 bridgehead atoms. The van der Waals surface area contributed by atoms with Gasteiger partial charge in [-0.3, -0.25) is 4.79 Å². The Morgan fingerprint density at radius 2 is 2.12 bits per heavy atom. The molecule has 1 aromatic carbocycles. The number of ether oxygens (including phenoxy) is 1. The van der Waals surface area contributed by atoms with Gasteiger partial charge in [0.2, 0.25) is 0 Å². The summed E-state index contributed by atoms with van der Waals surface area (Å²) < 4.78 is 5.99. The van der Waals surface area contributed by atoms with E-state index in [2.05, 4.69) is 17.4 Å². The molecule has 2 aromatic rings. The van der Waals surface area contributed by atoms with E-state index in [0.29, 0.717) is 19.1 Å². The highest BCUT2D eigenvalue weighted by atomic mass is 35.5. The van der Waals surface area contributed by atoms with Crippen LogP contribution in [-0.2, 0) is 6.42 Å². The number of halogens is 1. The number of hydrogen-bond acceptors (Lipinski definition) is 4. The van der Waals surface area contributed by atoms with Crippen LogP contribution in [0.15, 0.2) is 35.7 Å². The lowest BCUT2D eigenvalue weighted by molar-refractivity contribution is 0.0983. The van der Waals surface area contributed by atoms with Crippen molar-refractivity contribution in [3.63, 3.8) is 0 Å².